The molecular weight excluding hydrogens is 252 g/mol. The van der Waals surface area contributed by atoms with Gasteiger partial charge in [0.25, 0.3) is 0 Å². The van der Waals surface area contributed by atoms with Crippen LogP contribution in [0.3, 0.4) is 0 Å². The Kier molecular flexibility index (Phi) is 4.91. The molecule has 1 unspecified atom stereocenters. The second kappa shape index (κ2) is 6.87. The standard InChI is InChI=1S/C15H28N4O/c20-15(19-9-3-5-16-6-11-19)13-17-10-4-14(12-17)18-7-1-2-8-18/h14,16H,1-13H2. The van der Waals surface area contributed by atoms with Gasteiger partial charge in [-0.2, -0.15) is 0 Å². The molecule has 0 aromatic carbocycles. The van der Waals surface area contributed by atoms with Crippen LogP contribution in [0.15, 0.2) is 0 Å². The molecule has 0 radical (unpaired) electrons. The molecule has 5 nitrogen and oxygen atoms in total. The van der Waals surface area contributed by atoms with Crippen LogP contribution in [0.5, 0.6) is 0 Å². The van der Waals surface area contributed by atoms with Crippen molar-refractivity contribution in [3.05, 3.63) is 0 Å². The maximum atomic E-state index is 12.4. The van der Waals surface area contributed by atoms with E-state index in [0.717, 1.165) is 45.7 Å². The molecule has 3 heterocycles. The first-order chi connectivity index (χ1) is 9.83. The minimum Gasteiger partial charge on any atom is -0.340 e. The van der Waals surface area contributed by atoms with E-state index in [1.54, 1.807) is 0 Å². The SMILES string of the molecule is O=C(CN1CCC(N2CCCC2)C1)N1CCCNCC1. The summed E-state index contributed by atoms with van der Waals surface area (Å²) in [4.78, 5) is 19.4. The Bertz CT molecular complexity index is 322. The lowest BCUT2D eigenvalue weighted by atomic mass is 10.2. The third kappa shape index (κ3) is 3.51. The second-order valence-corrected chi connectivity index (χ2v) is 6.41. The molecule has 3 fully saturated rings. The number of hydrogen-bond donors (Lipinski definition) is 1. The normalized spacial score (nSPS) is 29.8. The fourth-order valence-corrected chi connectivity index (χ4v) is 3.75. The first-order valence-corrected chi connectivity index (χ1v) is 8.28. The van der Waals surface area contributed by atoms with Gasteiger partial charge in [0.2, 0.25) is 5.91 Å². The average molecular weight is 280 g/mol. The molecule has 20 heavy (non-hydrogen) atoms. The monoisotopic (exact) mass is 280 g/mol. The van der Waals surface area contributed by atoms with Crippen LogP contribution in [0.25, 0.3) is 0 Å². The molecule has 0 saturated carbocycles. The van der Waals surface area contributed by atoms with Crippen LogP contribution in [0.1, 0.15) is 25.7 Å². The molecule has 0 aromatic rings. The summed E-state index contributed by atoms with van der Waals surface area (Å²) < 4.78 is 0. The summed E-state index contributed by atoms with van der Waals surface area (Å²) in [6, 6.07) is 0.705. The lowest BCUT2D eigenvalue weighted by Gasteiger charge is -2.25. The van der Waals surface area contributed by atoms with E-state index in [2.05, 4.69) is 15.1 Å². The van der Waals surface area contributed by atoms with Crippen molar-refractivity contribution >= 4 is 5.91 Å². The summed E-state index contributed by atoms with van der Waals surface area (Å²) in [5.74, 6) is 0.329. The van der Waals surface area contributed by atoms with E-state index in [9.17, 15) is 4.79 Å². The smallest absolute Gasteiger partial charge is 0.236 e. The Hall–Kier alpha value is -0.650. The van der Waals surface area contributed by atoms with Gasteiger partial charge in [0.15, 0.2) is 0 Å². The minimum absolute atomic E-state index is 0.329. The van der Waals surface area contributed by atoms with E-state index in [0.29, 0.717) is 18.5 Å². The summed E-state index contributed by atoms with van der Waals surface area (Å²) in [6.45, 7) is 9.15. The van der Waals surface area contributed by atoms with Gasteiger partial charge in [-0.1, -0.05) is 0 Å². The number of likely N-dealkylation sites (tertiary alicyclic amines) is 2. The summed E-state index contributed by atoms with van der Waals surface area (Å²) in [5.41, 5.74) is 0. The van der Waals surface area contributed by atoms with Gasteiger partial charge in [-0.05, 0) is 45.3 Å². The number of carbonyl (C=O) groups excluding carboxylic acids is 1. The van der Waals surface area contributed by atoms with Crippen LogP contribution in [-0.2, 0) is 4.79 Å². The van der Waals surface area contributed by atoms with Crippen molar-refractivity contribution in [3.63, 3.8) is 0 Å². The molecule has 5 heteroatoms. The molecule has 3 aliphatic rings. The third-order valence-corrected chi connectivity index (χ3v) is 4.96. The predicted molar refractivity (Wildman–Crippen MR) is 79.7 cm³/mol. The molecule has 0 aromatic heterocycles. The van der Waals surface area contributed by atoms with Gasteiger partial charge in [-0.15, -0.1) is 0 Å². The Morgan fingerprint density at radius 3 is 2.70 bits per heavy atom. The molecule has 3 saturated heterocycles. The maximum Gasteiger partial charge on any atom is 0.236 e. The van der Waals surface area contributed by atoms with Crippen molar-refractivity contribution in [2.75, 3.05) is 58.9 Å². The topological polar surface area (TPSA) is 38.8 Å². The van der Waals surface area contributed by atoms with Crippen molar-refractivity contribution in [2.24, 2.45) is 0 Å². The van der Waals surface area contributed by atoms with Crippen LogP contribution in [0.2, 0.25) is 0 Å². The first kappa shape index (κ1) is 14.3. The number of nitrogens with one attached hydrogen (secondary N) is 1. The van der Waals surface area contributed by atoms with Crippen LogP contribution in [0, 0.1) is 0 Å². The zero-order valence-corrected chi connectivity index (χ0v) is 12.5. The van der Waals surface area contributed by atoms with E-state index in [4.69, 9.17) is 0 Å². The van der Waals surface area contributed by atoms with Crippen LogP contribution >= 0.6 is 0 Å². The first-order valence-electron chi connectivity index (χ1n) is 8.28. The highest BCUT2D eigenvalue weighted by molar-refractivity contribution is 5.78. The molecule has 1 atom stereocenters. The maximum absolute atomic E-state index is 12.4. The number of rotatable bonds is 3. The molecular formula is C15H28N4O. The quantitative estimate of drug-likeness (QED) is 0.788. The van der Waals surface area contributed by atoms with Crippen molar-refractivity contribution in [2.45, 2.75) is 31.7 Å². The van der Waals surface area contributed by atoms with Crippen LogP contribution < -0.4 is 5.32 Å². The van der Waals surface area contributed by atoms with E-state index in [1.807, 2.05) is 4.90 Å². The van der Waals surface area contributed by atoms with Crippen molar-refractivity contribution in [3.8, 4) is 0 Å². The van der Waals surface area contributed by atoms with E-state index in [-0.39, 0.29) is 0 Å². The predicted octanol–water partition coefficient (Wildman–Crippen LogP) is -0.0216. The van der Waals surface area contributed by atoms with Gasteiger partial charge in [-0.25, -0.2) is 0 Å². The molecule has 0 aliphatic carbocycles. The van der Waals surface area contributed by atoms with Gasteiger partial charge in [-0.3, -0.25) is 14.6 Å². The number of carbonyl (C=O) groups is 1. The Labute approximate surface area is 122 Å². The Morgan fingerprint density at radius 1 is 1.00 bits per heavy atom. The summed E-state index contributed by atoms with van der Waals surface area (Å²) in [5, 5.41) is 3.36. The number of nitrogens with zero attached hydrogens (tertiary/aromatic N) is 3. The third-order valence-electron chi connectivity index (χ3n) is 4.96. The van der Waals surface area contributed by atoms with Crippen molar-refractivity contribution in [1.29, 1.82) is 0 Å². The zero-order valence-electron chi connectivity index (χ0n) is 12.5. The van der Waals surface area contributed by atoms with Gasteiger partial charge >= 0.3 is 0 Å². The fraction of sp³-hybridized carbons (Fsp3) is 0.933. The molecule has 1 N–H and O–H groups in total. The highest BCUT2D eigenvalue weighted by atomic mass is 16.2. The van der Waals surface area contributed by atoms with Crippen LogP contribution in [-0.4, -0.2) is 85.6 Å². The molecule has 1 amide bonds. The molecule has 114 valence electrons. The van der Waals surface area contributed by atoms with Gasteiger partial charge in [0.1, 0.15) is 0 Å². The summed E-state index contributed by atoms with van der Waals surface area (Å²) in [7, 11) is 0. The largest absolute Gasteiger partial charge is 0.340 e. The summed E-state index contributed by atoms with van der Waals surface area (Å²) >= 11 is 0. The van der Waals surface area contributed by atoms with Gasteiger partial charge < -0.3 is 10.2 Å². The second-order valence-electron chi connectivity index (χ2n) is 6.41. The Balaban J connectivity index is 1.44. The molecule has 0 bridgehead atoms. The molecule has 0 spiro atoms. The lowest BCUT2D eigenvalue weighted by Crippen LogP contribution is -2.42. The number of amides is 1. The van der Waals surface area contributed by atoms with E-state index < -0.39 is 0 Å². The van der Waals surface area contributed by atoms with Crippen molar-refractivity contribution in [1.82, 2.24) is 20.0 Å². The zero-order chi connectivity index (χ0) is 13.8. The fourth-order valence-electron chi connectivity index (χ4n) is 3.75. The number of hydrogen-bond acceptors (Lipinski definition) is 4. The van der Waals surface area contributed by atoms with E-state index >= 15 is 0 Å². The lowest BCUT2D eigenvalue weighted by molar-refractivity contribution is -0.132. The molecule has 3 rings (SSSR count). The van der Waals surface area contributed by atoms with Gasteiger partial charge in [0.05, 0.1) is 6.54 Å². The van der Waals surface area contributed by atoms with Crippen molar-refractivity contribution < 1.29 is 4.79 Å². The highest BCUT2D eigenvalue weighted by Gasteiger charge is 2.30. The highest BCUT2D eigenvalue weighted by Crippen LogP contribution is 2.20. The Morgan fingerprint density at radius 2 is 1.85 bits per heavy atom. The summed E-state index contributed by atoms with van der Waals surface area (Å²) in [6.07, 6.45) is 5.05. The minimum atomic E-state index is 0.329. The van der Waals surface area contributed by atoms with E-state index in [1.165, 1.54) is 32.4 Å². The van der Waals surface area contributed by atoms with Gasteiger partial charge in [0, 0.05) is 38.8 Å². The van der Waals surface area contributed by atoms with Crippen LogP contribution in [0.4, 0.5) is 0 Å². The molecule has 3 aliphatic heterocycles. The average Bonchev–Trinajstić information content (AvgIpc) is 3.05.